The summed E-state index contributed by atoms with van der Waals surface area (Å²) in [6.45, 7) is 2.72. The number of piperidine rings is 1. The van der Waals surface area contributed by atoms with Crippen molar-refractivity contribution < 1.29 is 9.59 Å². The van der Waals surface area contributed by atoms with Gasteiger partial charge in [0.2, 0.25) is 5.91 Å². The van der Waals surface area contributed by atoms with Crippen molar-refractivity contribution in [1.29, 1.82) is 0 Å². The topological polar surface area (TPSA) is 87.5 Å². The minimum Gasteiger partial charge on any atom is -0.351 e. The van der Waals surface area contributed by atoms with E-state index in [-0.39, 0.29) is 5.91 Å². The second-order valence-electron chi connectivity index (χ2n) is 4.12. The van der Waals surface area contributed by atoms with Crippen LogP contribution in [-0.4, -0.2) is 49.6 Å². The molecule has 1 saturated heterocycles. The first-order chi connectivity index (χ1) is 7.59. The number of hydrogen-bond acceptors (Lipinski definition) is 4. The molecule has 1 aliphatic rings. The van der Waals surface area contributed by atoms with Gasteiger partial charge in [0, 0.05) is 19.0 Å². The monoisotopic (exact) mass is 228 g/mol. The highest BCUT2D eigenvalue weighted by molar-refractivity contribution is 5.93. The van der Waals surface area contributed by atoms with E-state index in [2.05, 4.69) is 15.5 Å². The molecular formula is C10H20N4O2. The number of nitrogens with one attached hydrogen (secondary N) is 2. The fourth-order valence-corrected chi connectivity index (χ4v) is 1.91. The molecule has 0 unspecified atom stereocenters. The second-order valence-corrected chi connectivity index (χ2v) is 4.12. The number of imide groups is 1. The van der Waals surface area contributed by atoms with Gasteiger partial charge in [0.1, 0.15) is 0 Å². The largest absolute Gasteiger partial charge is 0.351 e. The summed E-state index contributed by atoms with van der Waals surface area (Å²) in [6, 6.07) is -0.253. The van der Waals surface area contributed by atoms with Gasteiger partial charge >= 0.3 is 6.03 Å². The van der Waals surface area contributed by atoms with E-state index < -0.39 is 6.03 Å². The van der Waals surface area contributed by atoms with Crippen LogP contribution in [0, 0.1) is 0 Å². The smallest absolute Gasteiger partial charge is 0.318 e. The maximum atomic E-state index is 11.2. The third-order valence-corrected chi connectivity index (χ3v) is 2.89. The maximum absolute atomic E-state index is 11.2. The van der Waals surface area contributed by atoms with Gasteiger partial charge in [-0.15, -0.1) is 0 Å². The number of carbonyl (C=O) groups excluding carboxylic acids is 2. The molecule has 3 amide bonds. The lowest BCUT2D eigenvalue weighted by Crippen LogP contribution is -2.43. The molecule has 0 aliphatic carbocycles. The van der Waals surface area contributed by atoms with Gasteiger partial charge < -0.3 is 16.0 Å². The van der Waals surface area contributed by atoms with E-state index >= 15 is 0 Å². The summed E-state index contributed by atoms with van der Waals surface area (Å²) in [5, 5.41) is 5.36. The van der Waals surface area contributed by atoms with Gasteiger partial charge in [-0.3, -0.25) is 10.1 Å². The molecular weight excluding hydrogens is 208 g/mol. The highest BCUT2D eigenvalue weighted by atomic mass is 16.2. The summed E-state index contributed by atoms with van der Waals surface area (Å²) < 4.78 is 0. The van der Waals surface area contributed by atoms with E-state index in [1.165, 1.54) is 0 Å². The second kappa shape index (κ2) is 6.44. The standard InChI is InChI=1S/C10H20N4O2/c1-14(8-2-5-12-6-3-8)7-4-9(15)13-10(11)16/h8,12H,2-7H2,1H3,(H3,11,13,15,16). The van der Waals surface area contributed by atoms with Gasteiger partial charge in [0.25, 0.3) is 0 Å². The van der Waals surface area contributed by atoms with E-state index in [0.29, 0.717) is 19.0 Å². The highest BCUT2D eigenvalue weighted by Crippen LogP contribution is 2.09. The molecule has 1 rings (SSSR count). The summed E-state index contributed by atoms with van der Waals surface area (Å²) in [5.41, 5.74) is 4.85. The van der Waals surface area contributed by atoms with Gasteiger partial charge in [0.05, 0.1) is 0 Å². The lowest BCUT2D eigenvalue weighted by Gasteiger charge is -2.31. The van der Waals surface area contributed by atoms with Crippen LogP contribution in [-0.2, 0) is 4.79 Å². The van der Waals surface area contributed by atoms with Gasteiger partial charge in [-0.2, -0.15) is 0 Å². The Labute approximate surface area is 95.5 Å². The fourth-order valence-electron chi connectivity index (χ4n) is 1.91. The van der Waals surface area contributed by atoms with Crippen molar-refractivity contribution in [2.45, 2.75) is 25.3 Å². The molecule has 1 aliphatic heterocycles. The maximum Gasteiger partial charge on any atom is 0.318 e. The van der Waals surface area contributed by atoms with Crippen LogP contribution in [0.4, 0.5) is 4.79 Å². The average Bonchev–Trinajstić information content (AvgIpc) is 2.26. The third kappa shape index (κ3) is 4.59. The van der Waals surface area contributed by atoms with E-state index in [4.69, 9.17) is 5.73 Å². The Morgan fingerprint density at radius 1 is 1.44 bits per heavy atom. The average molecular weight is 228 g/mol. The summed E-state index contributed by atoms with van der Waals surface area (Å²) >= 11 is 0. The Bertz CT molecular complexity index is 251. The molecule has 92 valence electrons. The summed E-state index contributed by atoms with van der Waals surface area (Å²) in [6.07, 6.45) is 2.52. The number of urea groups is 1. The van der Waals surface area contributed by atoms with Crippen molar-refractivity contribution in [3.8, 4) is 0 Å². The molecule has 0 saturated carbocycles. The Hall–Kier alpha value is -1.14. The van der Waals surface area contributed by atoms with Gasteiger partial charge in [-0.1, -0.05) is 0 Å². The van der Waals surface area contributed by atoms with Crippen LogP contribution in [0.2, 0.25) is 0 Å². The molecule has 0 atom stereocenters. The first kappa shape index (κ1) is 12.9. The van der Waals surface area contributed by atoms with E-state index in [0.717, 1.165) is 25.9 Å². The Kier molecular flexibility index (Phi) is 5.21. The first-order valence-corrected chi connectivity index (χ1v) is 5.60. The van der Waals surface area contributed by atoms with E-state index in [1.807, 2.05) is 7.05 Å². The van der Waals surface area contributed by atoms with Crippen LogP contribution >= 0.6 is 0 Å². The third-order valence-electron chi connectivity index (χ3n) is 2.89. The molecule has 4 N–H and O–H groups in total. The number of primary amides is 1. The molecule has 0 aromatic rings. The molecule has 0 aromatic carbocycles. The SMILES string of the molecule is CN(CCC(=O)NC(N)=O)C1CCNCC1. The highest BCUT2D eigenvalue weighted by Gasteiger charge is 2.18. The molecule has 16 heavy (non-hydrogen) atoms. The number of nitrogens with two attached hydrogens (primary N) is 1. The van der Waals surface area contributed by atoms with Crippen LogP contribution in [0.1, 0.15) is 19.3 Å². The van der Waals surface area contributed by atoms with Gasteiger partial charge in [-0.05, 0) is 33.0 Å². The molecule has 0 aromatic heterocycles. The molecule has 1 heterocycles. The fraction of sp³-hybridized carbons (Fsp3) is 0.800. The van der Waals surface area contributed by atoms with Crippen LogP contribution in [0.25, 0.3) is 0 Å². The zero-order valence-electron chi connectivity index (χ0n) is 9.66. The molecule has 6 heteroatoms. The van der Waals surface area contributed by atoms with Crippen molar-refractivity contribution >= 4 is 11.9 Å². The lowest BCUT2D eigenvalue weighted by molar-refractivity contribution is -0.120. The minimum atomic E-state index is -0.783. The molecule has 0 bridgehead atoms. The number of nitrogens with zero attached hydrogens (tertiary/aromatic N) is 1. The van der Waals surface area contributed by atoms with Crippen LogP contribution in [0.3, 0.4) is 0 Å². The van der Waals surface area contributed by atoms with Crippen molar-refractivity contribution in [2.24, 2.45) is 5.73 Å². The minimum absolute atomic E-state index is 0.309. The molecule has 0 spiro atoms. The Morgan fingerprint density at radius 3 is 2.62 bits per heavy atom. The van der Waals surface area contributed by atoms with Crippen LogP contribution in [0.5, 0.6) is 0 Å². The first-order valence-electron chi connectivity index (χ1n) is 5.60. The van der Waals surface area contributed by atoms with Crippen molar-refractivity contribution in [3.63, 3.8) is 0 Å². The van der Waals surface area contributed by atoms with Gasteiger partial charge in [0.15, 0.2) is 0 Å². The predicted molar refractivity (Wildman–Crippen MR) is 60.9 cm³/mol. The van der Waals surface area contributed by atoms with Gasteiger partial charge in [-0.25, -0.2) is 4.79 Å². The van der Waals surface area contributed by atoms with Crippen LogP contribution in [0.15, 0.2) is 0 Å². The predicted octanol–water partition coefficient (Wildman–Crippen LogP) is -0.745. The van der Waals surface area contributed by atoms with Crippen molar-refractivity contribution in [3.05, 3.63) is 0 Å². The quantitative estimate of drug-likeness (QED) is 0.591. The summed E-state index contributed by atoms with van der Waals surface area (Å²) in [4.78, 5) is 23.8. The molecule has 1 fully saturated rings. The van der Waals surface area contributed by atoms with Crippen molar-refractivity contribution in [2.75, 3.05) is 26.7 Å². The Balaban J connectivity index is 2.20. The normalized spacial score (nSPS) is 17.4. The number of amides is 3. The summed E-state index contributed by atoms with van der Waals surface area (Å²) in [5.74, 6) is -0.312. The molecule has 0 radical (unpaired) electrons. The zero-order chi connectivity index (χ0) is 12.0. The summed E-state index contributed by atoms with van der Waals surface area (Å²) in [7, 11) is 2.01. The number of carbonyl (C=O) groups is 2. The van der Waals surface area contributed by atoms with Crippen LogP contribution < -0.4 is 16.4 Å². The van der Waals surface area contributed by atoms with E-state index in [1.54, 1.807) is 0 Å². The number of hydrogen-bond donors (Lipinski definition) is 3. The Morgan fingerprint density at radius 2 is 2.06 bits per heavy atom. The van der Waals surface area contributed by atoms with Crippen molar-refractivity contribution in [1.82, 2.24) is 15.5 Å². The number of rotatable bonds is 4. The van der Waals surface area contributed by atoms with E-state index in [9.17, 15) is 9.59 Å². The zero-order valence-corrected chi connectivity index (χ0v) is 9.66. The molecule has 6 nitrogen and oxygen atoms in total. The lowest BCUT2D eigenvalue weighted by atomic mass is 10.1.